The highest BCUT2D eigenvalue weighted by atomic mass is 35.5. The molecule has 0 saturated heterocycles. The molecule has 2 heterocycles. The summed E-state index contributed by atoms with van der Waals surface area (Å²) in [5.41, 5.74) is 1.32. The lowest BCUT2D eigenvalue weighted by Crippen LogP contribution is -2.38. The van der Waals surface area contributed by atoms with Crippen LogP contribution in [-0.2, 0) is 27.1 Å². The first-order chi connectivity index (χ1) is 13.5. The Bertz CT molecular complexity index is 1070. The molecule has 0 aliphatic carbocycles. The predicted molar refractivity (Wildman–Crippen MR) is 120 cm³/mol. The molecule has 0 spiro atoms. The van der Waals surface area contributed by atoms with E-state index in [4.69, 9.17) is 11.6 Å². The average Bonchev–Trinajstić information content (AvgIpc) is 3.07. The van der Waals surface area contributed by atoms with E-state index < -0.39 is 0 Å². The van der Waals surface area contributed by atoms with E-state index in [1.165, 1.54) is 11.6 Å². The fourth-order valence-electron chi connectivity index (χ4n) is 3.43. The molecule has 3 rings (SSSR count). The second-order valence-electron chi connectivity index (χ2n) is 6.84. The number of halogens is 2. The normalized spacial score (nSPS) is 11.2. The Hall–Kier alpha value is -2.09. The fraction of sp³-hybridized carbons (Fsp3) is 0.450. The molecule has 0 aliphatic rings. The maximum Gasteiger partial charge on any atom is 0.332 e. The van der Waals surface area contributed by atoms with E-state index in [9.17, 15) is 9.59 Å². The summed E-state index contributed by atoms with van der Waals surface area (Å²) in [6, 6.07) is 10.0. The zero-order valence-corrected chi connectivity index (χ0v) is 18.5. The summed E-state index contributed by atoms with van der Waals surface area (Å²) in [5, 5.41) is 0. The monoisotopic (exact) mass is 439 g/mol. The van der Waals surface area contributed by atoms with Crippen molar-refractivity contribution in [2.75, 3.05) is 25.5 Å². The average molecular weight is 440 g/mol. The molecule has 0 aliphatic heterocycles. The summed E-state index contributed by atoms with van der Waals surface area (Å²) in [4.78, 5) is 32.1. The molecule has 0 amide bonds. The highest BCUT2D eigenvalue weighted by Gasteiger charge is 2.19. The van der Waals surface area contributed by atoms with Crippen molar-refractivity contribution in [2.45, 2.75) is 19.9 Å². The van der Waals surface area contributed by atoms with Gasteiger partial charge in [-0.15, -0.1) is 24.0 Å². The molecule has 0 atom stereocenters. The van der Waals surface area contributed by atoms with Crippen LogP contribution in [0.2, 0.25) is 0 Å². The molecule has 0 radical (unpaired) electrons. The minimum Gasteiger partial charge on any atom is -0.321 e. The van der Waals surface area contributed by atoms with Gasteiger partial charge in [-0.05, 0) is 12.1 Å². The zero-order chi connectivity index (χ0) is 20.3. The van der Waals surface area contributed by atoms with Crippen molar-refractivity contribution >= 4 is 35.2 Å². The minimum absolute atomic E-state index is 0. The molecule has 1 aromatic carbocycles. The molecule has 2 aromatic heterocycles. The molecule has 7 nitrogen and oxygen atoms in total. The van der Waals surface area contributed by atoms with E-state index in [-0.39, 0.29) is 23.7 Å². The van der Waals surface area contributed by atoms with E-state index in [1.807, 2.05) is 34.9 Å². The Morgan fingerprint density at radius 1 is 1.07 bits per heavy atom. The third-order valence-electron chi connectivity index (χ3n) is 5.12. The molecular weight excluding hydrogens is 413 g/mol. The number of benzene rings is 1. The zero-order valence-electron chi connectivity index (χ0n) is 17.0. The molecular formula is C20H27Cl2N5O2. The molecule has 0 bridgehead atoms. The Morgan fingerprint density at radius 2 is 1.76 bits per heavy atom. The van der Waals surface area contributed by atoms with E-state index in [0.717, 1.165) is 35.6 Å². The predicted octanol–water partition coefficient (Wildman–Crippen LogP) is 2.01. The van der Waals surface area contributed by atoms with Crippen molar-refractivity contribution in [3.05, 3.63) is 62.6 Å². The standard InChI is InChI=1S/C20H26ClN5O2.ClH/c1-4-25(11-10-21)12-13-26-16(14-15-8-6-5-7-9-15)22-18-17(26)19(27)24(3)20(28)23(18)2;/h5-9H,4,10-14H2,1-3H3;1H. The lowest BCUT2D eigenvalue weighted by molar-refractivity contribution is 0.292. The van der Waals surface area contributed by atoms with E-state index >= 15 is 0 Å². The van der Waals surface area contributed by atoms with Crippen LogP contribution in [0.25, 0.3) is 11.2 Å². The van der Waals surface area contributed by atoms with Gasteiger partial charge in [0, 0.05) is 46.0 Å². The summed E-state index contributed by atoms with van der Waals surface area (Å²) >= 11 is 5.90. The second kappa shape index (κ2) is 10.1. The van der Waals surface area contributed by atoms with E-state index in [2.05, 4.69) is 16.8 Å². The van der Waals surface area contributed by atoms with E-state index in [1.54, 1.807) is 7.05 Å². The summed E-state index contributed by atoms with van der Waals surface area (Å²) in [6.45, 7) is 5.12. The maximum atomic E-state index is 12.9. The van der Waals surface area contributed by atoms with Gasteiger partial charge in [0.05, 0.1) is 0 Å². The van der Waals surface area contributed by atoms with Gasteiger partial charge in [0.1, 0.15) is 5.82 Å². The Kier molecular flexibility index (Phi) is 8.07. The Labute approximate surface area is 180 Å². The number of nitrogens with zero attached hydrogens (tertiary/aromatic N) is 5. The highest BCUT2D eigenvalue weighted by molar-refractivity contribution is 6.18. The first-order valence-corrected chi connectivity index (χ1v) is 9.98. The summed E-state index contributed by atoms with van der Waals surface area (Å²) in [7, 11) is 3.16. The van der Waals surface area contributed by atoms with Crippen molar-refractivity contribution in [3.63, 3.8) is 0 Å². The number of hydrogen-bond acceptors (Lipinski definition) is 4. The maximum absolute atomic E-state index is 12.9. The van der Waals surface area contributed by atoms with Gasteiger partial charge >= 0.3 is 5.69 Å². The van der Waals surface area contributed by atoms with Crippen molar-refractivity contribution in [1.82, 2.24) is 23.6 Å². The quantitative estimate of drug-likeness (QED) is 0.503. The number of fused-ring (bicyclic) bond motifs is 1. The number of aromatic nitrogens is 4. The fourth-order valence-corrected chi connectivity index (χ4v) is 3.67. The lowest BCUT2D eigenvalue weighted by Gasteiger charge is -2.20. The van der Waals surface area contributed by atoms with Gasteiger partial charge in [0.25, 0.3) is 5.56 Å². The van der Waals surface area contributed by atoms with Crippen LogP contribution >= 0.6 is 24.0 Å². The van der Waals surface area contributed by atoms with Gasteiger partial charge in [0.2, 0.25) is 0 Å². The first-order valence-electron chi connectivity index (χ1n) is 9.45. The van der Waals surface area contributed by atoms with Gasteiger partial charge in [-0.2, -0.15) is 0 Å². The number of rotatable bonds is 8. The van der Waals surface area contributed by atoms with Crippen LogP contribution in [0.1, 0.15) is 18.3 Å². The Balaban J connectivity index is 0.00000300. The molecule has 29 heavy (non-hydrogen) atoms. The third-order valence-corrected chi connectivity index (χ3v) is 5.29. The number of imidazole rings is 1. The number of hydrogen-bond donors (Lipinski definition) is 0. The highest BCUT2D eigenvalue weighted by Crippen LogP contribution is 2.15. The second-order valence-corrected chi connectivity index (χ2v) is 7.22. The van der Waals surface area contributed by atoms with Crippen molar-refractivity contribution in [3.8, 4) is 0 Å². The molecule has 0 N–H and O–H groups in total. The molecule has 0 fully saturated rings. The topological polar surface area (TPSA) is 65.1 Å². The molecule has 9 heteroatoms. The molecule has 0 unspecified atom stereocenters. The minimum atomic E-state index is -0.370. The van der Waals surface area contributed by atoms with Crippen LogP contribution in [0.3, 0.4) is 0 Å². The number of alkyl halides is 1. The van der Waals surface area contributed by atoms with Gasteiger partial charge in [-0.3, -0.25) is 13.9 Å². The summed E-state index contributed by atoms with van der Waals surface area (Å²) < 4.78 is 4.54. The van der Waals surface area contributed by atoms with Crippen molar-refractivity contribution in [2.24, 2.45) is 14.1 Å². The summed E-state index contributed by atoms with van der Waals surface area (Å²) in [5.74, 6) is 1.34. The van der Waals surface area contributed by atoms with Gasteiger partial charge < -0.3 is 9.47 Å². The largest absolute Gasteiger partial charge is 0.332 e. The van der Waals surface area contributed by atoms with Crippen molar-refractivity contribution < 1.29 is 0 Å². The number of likely N-dealkylation sites (N-methyl/N-ethyl adjacent to an activating group) is 1. The Morgan fingerprint density at radius 3 is 2.38 bits per heavy atom. The molecule has 158 valence electrons. The van der Waals surface area contributed by atoms with Gasteiger partial charge in [-0.1, -0.05) is 37.3 Å². The lowest BCUT2D eigenvalue weighted by atomic mass is 10.1. The van der Waals surface area contributed by atoms with E-state index in [0.29, 0.717) is 30.0 Å². The third kappa shape index (κ3) is 4.74. The smallest absolute Gasteiger partial charge is 0.321 e. The van der Waals surface area contributed by atoms with Crippen LogP contribution in [0.4, 0.5) is 0 Å². The van der Waals surface area contributed by atoms with Gasteiger partial charge in [0.15, 0.2) is 11.2 Å². The van der Waals surface area contributed by atoms with Gasteiger partial charge in [-0.25, -0.2) is 9.78 Å². The van der Waals surface area contributed by atoms with Crippen LogP contribution in [0.15, 0.2) is 39.9 Å². The SMILES string of the molecule is CCN(CCCl)CCn1c(Cc2ccccc2)nc2c1c(=O)n(C)c(=O)n2C.Cl. The summed E-state index contributed by atoms with van der Waals surface area (Å²) in [6.07, 6.45) is 0.592. The first kappa shape index (κ1) is 23.2. The molecule has 0 saturated carbocycles. The van der Waals surface area contributed by atoms with Crippen LogP contribution in [-0.4, -0.2) is 49.1 Å². The van der Waals surface area contributed by atoms with Crippen LogP contribution in [0.5, 0.6) is 0 Å². The molecule has 3 aromatic rings. The number of aryl methyl sites for hydroxylation is 1. The van der Waals surface area contributed by atoms with Crippen molar-refractivity contribution in [1.29, 1.82) is 0 Å². The van der Waals surface area contributed by atoms with Crippen LogP contribution in [0, 0.1) is 0 Å². The van der Waals surface area contributed by atoms with Crippen LogP contribution < -0.4 is 11.2 Å².